The molecule has 0 aromatic carbocycles. The number of halogens is 2. The monoisotopic (exact) mass is 225 g/mol. The van der Waals surface area contributed by atoms with Crippen molar-refractivity contribution in [2.24, 2.45) is 0 Å². The minimum Gasteiger partial charge on any atom is -0.376 e. The molecule has 13 heavy (non-hydrogen) atoms. The lowest BCUT2D eigenvalue weighted by Crippen LogP contribution is -2.37. The van der Waals surface area contributed by atoms with E-state index in [4.69, 9.17) is 32.7 Å². The molecule has 1 atom stereocenters. The van der Waals surface area contributed by atoms with Crippen LogP contribution >= 0.6 is 23.2 Å². The van der Waals surface area contributed by atoms with E-state index in [1.54, 1.807) is 0 Å². The largest absolute Gasteiger partial charge is 0.376 e. The molecule has 0 aliphatic carbocycles. The van der Waals surface area contributed by atoms with Gasteiger partial charge in [-0.1, -0.05) is 23.2 Å². The van der Waals surface area contributed by atoms with Crippen molar-refractivity contribution in [3.8, 4) is 0 Å². The van der Waals surface area contributed by atoms with Crippen molar-refractivity contribution >= 4 is 23.2 Å². The molecule has 0 spiro atoms. The average Bonchev–Trinajstić information content (AvgIpc) is 2.19. The first kappa shape index (κ1) is 11.3. The van der Waals surface area contributed by atoms with Crippen molar-refractivity contribution in [1.82, 2.24) is 5.32 Å². The summed E-state index contributed by atoms with van der Waals surface area (Å²) in [6.07, 6.45) is 0.133. The van der Waals surface area contributed by atoms with Crippen molar-refractivity contribution in [3.05, 3.63) is 10.6 Å². The van der Waals surface area contributed by atoms with Crippen LogP contribution < -0.4 is 5.32 Å². The Kier molecular flexibility index (Phi) is 5.75. The van der Waals surface area contributed by atoms with E-state index in [0.717, 1.165) is 6.54 Å². The Bertz CT molecular complexity index is 170. The summed E-state index contributed by atoms with van der Waals surface area (Å²) in [5.41, 5.74) is 1.35. The first-order valence-electron chi connectivity index (χ1n) is 4.17. The van der Waals surface area contributed by atoms with Crippen molar-refractivity contribution in [1.29, 1.82) is 0 Å². The molecule has 0 aromatic heterocycles. The van der Waals surface area contributed by atoms with Crippen molar-refractivity contribution in [2.75, 3.05) is 32.9 Å². The summed E-state index contributed by atoms with van der Waals surface area (Å²) in [5.74, 6) is 0. The van der Waals surface area contributed by atoms with Crippen molar-refractivity contribution in [3.63, 3.8) is 0 Å². The van der Waals surface area contributed by atoms with E-state index < -0.39 is 0 Å². The third-order valence-corrected chi connectivity index (χ3v) is 2.29. The normalized spacial score (nSPS) is 24.8. The molecule has 0 aromatic rings. The maximum atomic E-state index is 5.68. The second-order valence-corrected chi connectivity index (χ2v) is 3.46. The molecular formula is C8H13Cl2NO2. The highest BCUT2D eigenvalue weighted by atomic mass is 35.5. The van der Waals surface area contributed by atoms with E-state index in [1.807, 2.05) is 0 Å². The topological polar surface area (TPSA) is 30.5 Å². The minimum atomic E-state index is 0.133. The number of rotatable bonds is 4. The van der Waals surface area contributed by atoms with Crippen LogP contribution in [0.1, 0.15) is 0 Å². The smallest absolute Gasteiger partial charge is 0.0933 e. The fraction of sp³-hybridized carbons (Fsp3) is 0.750. The number of hydrogen-bond donors (Lipinski definition) is 1. The SMILES string of the molecule is ClC=C(Cl)CNCC1COCCO1. The summed E-state index contributed by atoms with van der Waals surface area (Å²) in [5, 5.41) is 3.71. The van der Waals surface area contributed by atoms with E-state index in [9.17, 15) is 0 Å². The standard InChI is InChI=1S/C8H13Cl2NO2/c9-3-7(10)4-11-5-8-6-12-1-2-13-8/h3,8,11H,1-2,4-6H2. The van der Waals surface area contributed by atoms with Gasteiger partial charge in [-0.05, 0) is 0 Å². The quantitative estimate of drug-likeness (QED) is 0.783. The Hall–Kier alpha value is 0.200. The Balaban J connectivity index is 2.04. The van der Waals surface area contributed by atoms with Gasteiger partial charge >= 0.3 is 0 Å². The van der Waals surface area contributed by atoms with E-state index in [2.05, 4.69) is 5.32 Å². The summed E-state index contributed by atoms with van der Waals surface area (Å²) >= 11 is 11.1. The summed E-state index contributed by atoms with van der Waals surface area (Å²) in [6.45, 7) is 3.32. The third kappa shape index (κ3) is 4.84. The first-order chi connectivity index (χ1) is 6.33. The molecule has 1 N–H and O–H groups in total. The molecule has 0 bridgehead atoms. The van der Waals surface area contributed by atoms with Crippen LogP contribution in [0, 0.1) is 0 Å². The molecule has 1 fully saturated rings. The van der Waals surface area contributed by atoms with Gasteiger partial charge in [0.05, 0.1) is 25.9 Å². The Morgan fingerprint density at radius 1 is 1.54 bits per heavy atom. The van der Waals surface area contributed by atoms with E-state index >= 15 is 0 Å². The molecular weight excluding hydrogens is 213 g/mol. The number of hydrogen-bond acceptors (Lipinski definition) is 3. The van der Waals surface area contributed by atoms with Crippen molar-refractivity contribution < 1.29 is 9.47 Å². The molecule has 1 heterocycles. The zero-order valence-electron chi connectivity index (χ0n) is 7.26. The maximum Gasteiger partial charge on any atom is 0.0933 e. The molecule has 0 saturated carbocycles. The second kappa shape index (κ2) is 6.62. The van der Waals surface area contributed by atoms with Crippen molar-refractivity contribution in [2.45, 2.75) is 6.10 Å². The van der Waals surface area contributed by atoms with Gasteiger partial charge in [0.25, 0.3) is 0 Å². The van der Waals surface area contributed by atoms with Crippen LogP contribution in [0.3, 0.4) is 0 Å². The van der Waals surface area contributed by atoms with Gasteiger partial charge in [0.1, 0.15) is 0 Å². The van der Waals surface area contributed by atoms with Gasteiger partial charge in [0.15, 0.2) is 0 Å². The van der Waals surface area contributed by atoms with Gasteiger partial charge in [-0.25, -0.2) is 0 Å². The number of ether oxygens (including phenoxy) is 2. The fourth-order valence-corrected chi connectivity index (χ4v) is 1.22. The zero-order chi connectivity index (χ0) is 9.52. The Morgan fingerprint density at radius 2 is 2.38 bits per heavy atom. The predicted octanol–water partition coefficient (Wildman–Crippen LogP) is 1.31. The molecule has 76 valence electrons. The average molecular weight is 226 g/mol. The maximum absolute atomic E-state index is 5.68. The van der Waals surface area contributed by atoms with Crippen LogP contribution in [0.15, 0.2) is 10.6 Å². The molecule has 1 rings (SSSR count). The molecule has 3 nitrogen and oxygen atoms in total. The van der Waals surface area contributed by atoms with Gasteiger partial charge in [-0.3, -0.25) is 0 Å². The van der Waals surface area contributed by atoms with Gasteiger partial charge in [-0.15, -0.1) is 0 Å². The van der Waals surface area contributed by atoms with Crippen LogP contribution in [-0.2, 0) is 9.47 Å². The second-order valence-electron chi connectivity index (χ2n) is 2.75. The third-order valence-electron chi connectivity index (χ3n) is 1.67. The van der Waals surface area contributed by atoms with Crippen LogP contribution in [0.4, 0.5) is 0 Å². The van der Waals surface area contributed by atoms with Crippen LogP contribution in [0.25, 0.3) is 0 Å². The lowest BCUT2D eigenvalue weighted by molar-refractivity contribution is -0.0861. The predicted molar refractivity (Wildman–Crippen MR) is 53.2 cm³/mol. The minimum absolute atomic E-state index is 0.133. The molecule has 1 saturated heterocycles. The zero-order valence-corrected chi connectivity index (χ0v) is 8.77. The molecule has 0 radical (unpaired) electrons. The molecule has 5 heteroatoms. The summed E-state index contributed by atoms with van der Waals surface area (Å²) in [4.78, 5) is 0. The Morgan fingerprint density at radius 3 is 3.00 bits per heavy atom. The molecule has 1 aliphatic heterocycles. The van der Waals surface area contributed by atoms with E-state index in [1.165, 1.54) is 5.54 Å². The van der Waals surface area contributed by atoms with Gasteiger partial charge in [0, 0.05) is 23.7 Å². The van der Waals surface area contributed by atoms with Crippen LogP contribution in [0.2, 0.25) is 0 Å². The summed E-state index contributed by atoms with van der Waals surface area (Å²) in [7, 11) is 0. The van der Waals surface area contributed by atoms with Gasteiger partial charge in [0.2, 0.25) is 0 Å². The lowest BCUT2D eigenvalue weighted by atomic mass is 10.3. The molecule has 1 unspecified atom stereocenters. The van der Waals surface area contributed by atoms with Gasteiger partial charge in [-0.2, -0.15) is 0 Å². The summed E-state index contributed by atoms with van der Waals surface area (Å²) < 4.78 is 10.6. The highest BCUT2D eigenvalue weighted by Gasteiger charge is 2.13. The highest BCUT2D eigenvalue weighted by Crippen LogP contribution is 2.02. The van der Waals surface area contributed by atoms with Crippen LogP contribution in [0.5, 0.6) is 0 Å². The molecule has 0 amide bonds. The van der Waals surface area contributed by atoms with E-state index in [-0.39, 0.29) is 6.10 Å². The first-order valence-corrected chi connectivity index (χ1v) is 4.99. The highest BCUT2D eigenvalue weighted by molar-refractivity contribution is 6.36. The molecule has 1 aliphatic rings. The fourth-order valence-electron chi connectivity index (χ4n) is 1.05. The number of nitrogens with one attached hydrogen (secondary N) is 1. The lowest BCUT2D eigenvalue weighted by Gasteiger charge is -2.23. The van der Waals surface area contributed by atoms with E-state index in [0.29, 0.717) is 31.4 Å². The van der Waals surface area contributed by atoms with Gasteiger partial charge < -0.3 is 14.8 Å². The van der Waals surface area contributed by atoms with Crippen LogP contribution in [-0.4, -0.2) is 39.0 Å². The Labute approximate surface area is 88.0 Å². The summed E-state index contributed by atoms with van der Waals surface area (Å²) in [6, 6.07) is 0.